The largest absolute Gasteiger partial charge is 0.471 e. The van der Waals surface area contributed by atoms with Gasteiger partial charge in [-0.05, 0) is 33.1 Å². The fourth-order valence-corrected chi connectivity index (χ4v) is 1.97. The molecule has 0 saturated carbocycles. The Morgan fingerprint density at radius 3 is 2.00 bits per heavy atom. The lowest BCUT2D eigenvalue weighted by atomic mass is 9.97. The van der Waals surface area contributed by atoms with Crippen LogP contribution in [0, 0.1) is 0 Å². The van der Waals surface area contributed by atoms with Gasteiger partial charge in [0.1, 0.15) is 0 Å². The van der Waals surface area contributed by atoms with E-state index in [0.29, 0.717) is 12.8 Å². The highest BCUT2D eigenvalue weighted by Gasteiger charge is 2.46. The number of halogens is 3. The molecule has 0 aromatic rings. The molecule has 2 atom stereocenters. The summed E-state index contributed by atoms with van der Waals surface area (Å²) in [5, 5.41) is 0. The van der Waals surface area contributed by atoms with Gasteiger partial charge in [-0.15, -0.1) is 0 Å². The van der Waals surface area contributed by atoms with Crippen molar-refractivity contribution >= 4 is 5.91 Å². The minimum Gasteiger partial charge on any atom is -0.329 e. The first kappa shape index (κ1) is 11.3. The van der Waals surface area contributed by atoms with Gasteiger partial charge < -0.3 is 4.90 Å². The lowest BCUT2D eigenvalue weighted by molar-refractivity contribution is -0.191. The van der Waals surface area contributed by atoms with Gasteiger partial charge in [-0.25, -0.2) is 0 Å². The Labute approximate surface area is 81.1 Å². The predicted molar refractivity (Wildman–Crippen MR) is 45.7 cm³/mol. The average Bonchev–Trinajstić information content (AvgIpc) is 2.01. The van der Waals surface area contributed by atoms with Crippen molar-refractivity contribution in [3.8, 4) is 0 Å². The number of nitrogens with zero attached hydrogens (tertiary/aromatic N) is 1. The second kappa shape index (κ2) is 3.79. The van der Waals surface area contributed by atoms with Crippen molar-refractivity contribution in [2.24, 2.45) is 0 Å². The molecule has 0 N–H and O–H groups in total. The molecule has 0 aliphatic carbocycles. The molecular weight excluding hydrogens is 195 g/mol. The van der Waals surface area contributed by atoms with Crippen LogP contribution in [0.5, 0.6) is 0 Å². The summed E-state index contributed by atoms with van der Waals surface area (Å²) >= 11 is 0. The van der Waals surface area contributed by atoms with Crippen molar-refractivity contribution in [1.29, 1.82) is 0 Å². The monoisotopic (exact) mass is 209 g/mol. The highest BCUT2D eigenvalue weighted by atomic mass is 19.4. The molecule has 1 heterocycles. The molecule has 1 rings (SSSR count). The summed E-state index contributed by atoms with van der Waals surface area (Å²) in [4.78, 5) is 12.0. The molecule has 1 saturated heterocycles. The number of hydrogen-bond acceptors (Lipinski definition) is 1. The molecule has 0 aromatic carbocycles. The second-order valence-electron chi connectivity index (χ2n) is 3.84. The fourth-order valence-electron chi connectivity index (χ4n) is 1.97. The maximum Gasteiger partial charge on any atom is 0.471 e. The molecular formula is C9H14F3NO. The van der Waals surface area contributed by atoms with Crippen LogP contribution < -0.4 is 0 Å². The SMILES string of the molecule is C[C@@H]1CCC[C@H](C)N1C(=O)C(F)(F)F. The van der Waals surface area contributed by atoms with Crippen LogP contribution in [0.4, 0.5) is 13.2 Å². The number of alkyl halides is 3. The van der Waals surface area contributed by atoms with E-state index in [1.165, 1.54) is 0 Å². The van der Waals surface area contributed by atoms with Gasteiger partial charge in [0.05, 0.1) is 0 Å². The molecule has 82 valence electrons. The Balaban J connectivity index is 2.78. The zero-order chi connectivity index (χ0) is 10.9. The standard InChI is InChI=1S/C9H14F3NO/c1-6-4-3-5-7(2)13(6)8(14)9(10,11)12/h6-7H,3-5H2,1-2H3/t6-,7+. The van der Waals surface area contributed by atoms with Gasteiger partial charge in [0.2, 0.25) is 0 Å². The van der Waals surface area contributed by atoms with Crippen molar-refractivity contribution in [2.45, 2.75) is 51.4 Å². The predicted octanol–water partition coefficient (Wildman–Crippen LogP) is 2.34. The maximum absolute atomic E-state index is 12.2. The summed E-state index contributed by atoms with van der Waals surface area (Å²) in [5.74, 6) is -1.70. The van der Waals surface area contributed by atoms with Gasteiger partial charge in [-0.3, -0.25) is 4.79 Å². The lowest BCUT2D eigenvalue weighted by Crippen LogP contribution is -2.52. The Kier molecular flexibility index (Phi) is 3.07. The molecule has 1 amide bonds. The minimum absolute atomic E-state index is 0.298. The number of piperidine rings is 1. The van der Waals surface area contributed by atoms with Crippen LogP contribution in [-0.4, -0.2) is 29.1 Å². The summed E-state index contributed by atoms with van der Waals surface area (Å²) in [6.45, 7) is 3.33. The average molecular weight is 209 g/mol. The van der Waals surface area contributed by atoms with E-state index in [2.05, 4.69) is 0 Å². The van der Waals surface area contributed by atoms with E-state index < -0.39 is 12.1 Å². The van der Waals surface area contributed by atoms with Gasteiger partial charge in [0.25, 0.3) is 0 Å². The molecule has 2 nitrogen and oxygen atoms in total. The Morgan fingerprint density at radius 1 is 1.21 bits per heavy atom. The summed E-state index contributed by atoms with van der Waals surface area (Å²) < 4.78 is 36.6. The van der Waals surface area contributed by atoms with Crippen molar-refractivity contribution in [1.82, 2.24) is 4.90 Å². The number of likely N-dealkylation sites (tertiary alicyclic amines) is 1. The summed E-state index contributed by atoms with van der Waals surface area (Å²) in [6.07, 6.45) is -2.53. The van der Waals surface area contributed by atoms with Gasteiger partial charge >= 0.3 is 12.1 Å². The Bertz CT molecular complexity index is 217. The third kappa shape index (κ3) is 2.19. The first-order valence-corrected chi connectivity index (χ1v) is 4.73. The highest BCUT2D eigenvalue weighted by Crippen LogP contribution is 2.28. The van der Waals surface area contributed by atoms with Crippen molar-refractivity contribution in [3.63, 3.8) is 0 Å². The summed E-state index contributed by atoms with van der Waals surface area (Å²) in [7, 11) is 0. The van der Waals surface area contributed by atoms with Gasteiger partial charge in [-0.1, -0.05) is 0 Å². The molecule has 0 unspecified atom stereocenters. The highest BCUT2D eigenvalue weighted by molar-refractivity contribution is 5.82. The first-order chi connectivity index (χ1) is 6.34. The molecule has 0 radical (unpaired) electrons. The maximum atomic E-state index is 12.2. The van der Waals surface area contributed by atoms with Crippen LogP contribution in [-0.2, 0) is 4.79 Å². The number of carbonyl (C=O) groups is 1. The van der Waals surface area contributed by atoms with Crippen LogP contribution in [0.3, 0.4) is 0 Å². The zero-order valence-corrected chi connectivity index (χ0v) is 8.27. The normalized spacial score (nSPS) is 29.1. The van der Waals surface area contributed by atoms with E-state index in [1.807, 2.05) is 0 Å². The van der Waals surface area contributed by atoms with Crippen molar-refractivity contribution < 1.29 is 18.0 Å². The molecule has 0 aromatic heterocycles. The van der Waals surface area contributed by atoms with Crippen LogP contribution in [0.15, 0.2) is 0 Å². The zero-order valence-electron chi connectivity index (χ0n) is 8.27. The Morgan fingerprint density at radius 2 is 1.64 bits per heavy atom. The van der Waals surface area contributed by atoms with Crippen molar-refractivity contribution in [2.75, 3.05) is 0 Å². The fraction of sp³-hybridized carbons (Fsp3) is 0.889. The quantitative estimate of drug-likeness (QED) is 0.599. The molecule has 1 fully saturated rings. The van der Waals surface area contributed by atoms with E-state index in [0.717, 1.165) is 11.3 Å². The Hall–Kier alpha value is -0.740. The van der Waals surface area contributed by atoms with Crippen LogP contribution in [0.1, 0.15) is 33.1 Å². The van der Waals surface area contributed by atoms with E-state index in [1.54, 1.807) is 13.8 Å². The van der Waals surface area contributed by atoms with E-state index in [-0.39, 0.29) is 12.1 Å². The third-order valence-electron chi connectivity index (χ3n) is 2.67. The van der Waals surface area contributed by atoms with Crippen LogP contribution in [0.25, 0.3) is 0 Å². The van der Waals surface area contributed by atoms with E-state index in [4.69, 9.17) is 0 Å². The number of amides is 1. The first-order valence-electron chi connectivity index (χ1n) is 4.73. The molecule has 1 aliphatic heterocycles. The van der Waals surface area contributed by atoms with Gasteiger partial charge in [0.15, 0.2) is 0 Å². The minimum atomic E-state index is -4.74. The molecule has 0 bridgehead atoms. The number of rotatable bonds is 0. The van der Waals surface area contributed by atoms with Gasteiger partial charge in [-0.2, -0.15) is 13.2 Å². The van der Waals surface area contributed by atoms with Gasteiger partial charge in [0, 0.05) is 12.1 Å². The third-order valence-corrected chi connectivity index (χ3v) is 2.67. The van der Waals surface area contributed by atoms with Crippen LogP contribution in [0.2, 0.25) is 0 Å². The summed E-state index contributed by atoms with van der Waals surface area (Å²) in [5.41, 5.74) is 0. The van der Waals surface area contributed by atoms with E-state index in [9.17, 15) is 18.0 Å². The molecule has 0 spiro atoms. The number of carbonyl (C=O) groups excluding carboxylic acids is 1. The van der Waals surface area contributed by atoms with Crippen molar-refractivity contribution in [3.05, 3.63) is 0 Å². The molecule has 5 heteroatoms. The van der Waals surface area contributed by atoms with Crippen LogP contribution >= 0.6 is 0 Å². The molecule has 14 heavy (non-hydrogen) atoms. The second-order valence-corrected chi connectivity index (χ2v) is 3.84. The number of hydrogen-bond donors (Lipinski definition) is 0. The molecule has 1 aliphatic rings. The summed E-state index contributed by atoms with van der Waals surface area (Å²) in [6, 6.07) is -0.597. The smallest absolute Gasteiger partial charge is 0.329 e. The lowest BCUT2D eigenvalue weighted by Gasteiger charge is -2.39. The topological polar surface area (TPSA) is 20.3 Å². The van der Waals surface area contributed by atoms with E-state index >= 15 is 0 Å².